The van der Waals surface area contributed by atoms with Gasteiger partial charge in [-0.2, -0.15) is 0 Å². The normalized spacial score (nSPS) is 29.9. The van der Waals surface area contributed by atoms with Crippen molar-refractivity contribution in [2.75, 3.05) is 26.2 Å². The third-order valence-corrected chi connectivity index (χ3v) is 6.02. The predicted molar refractivity (Wildman–Crippen MR) is 108 cm³/mol. The van der Waals surface area contributed by atoms with Crippen LogP contribution in [0.4, 0.5) is 8.78 Å². The Kier molecular flexibility index (Phi) is 7.36. The first-order chi connectivity index (χ1) is 12.4. The summed E-state index contributed by atoms with van der Waals surface area (Å²) in [5.41, 5.74) is 0.241. The van der Waals surface area contributed by atoms with Crippen LogP contribution in [0, 0.1) is 34.5 Å². The molecule has 0 N–H and O–H groups in total. The molecular weight excluding hydrogens is 344 g/mol. The summed E-state index contributed by atoms with van der Waals surface area (Å²) >= 11 is 0. The maximum absolute atomic E-state index is 14.5. The van der Waals surface area contributed by atoms with Crippen molar-refractivity contribution in [3.05, 3.63) is 0 Å². The van der Waals surface area contributed by atoms with Gasteiger partial charge < -0.3 is 4.74 Å². The first kappa shape index (κ1) is 22.6. The van der Waals surface area contributed by atoms with Crippen molar-refractivity contribution in [1.82, 2.24) is 4.90 Å². The smallest absolute Gasteiger partial charge is 0.286 e. The molecule has 4 heteroatoms. The summed E-state index contributed by atoms with van der Waals surface area (Å²) in [6.07, 6.45) is 4.20. The van der Waals surface area contributed by atoms with Gasteiger partial charge in [-0.25, -0.2) is 8.78 Å². The Morgan fingerprint density at radius 3 is 2.15 bits per heavy atom. The number of alkyl halides is 2. The summed E-state index contributed by atoms with van der Waals surface area (Å²) in [7, 11) is 0. The van der Waals surface area contributed by atoms with Crippen LogP contribution in [-0.2, 0) is 4.74 Å². The lowest BCUT2D eigenvalue weighted by Gasteiger charge is -2.41. The summed E-state index contributed by atoms with van der Waals surface area (Å²) in [5.74, 6) is 4.46. The molecule has 156 valence electrons. The number of ether oxygens (including phenoxy) is 1. The van der Waals surface area contributed by atoms with E-state index in [9.17, 15) is 8.78 Å². The van der Waals surface area contributed by atoms with Gasteiger partial charge in [-0.15, -0.1) is 0 Å². The second-order valence-corrected chi connectivity index (χ2v) is 10.7. The topological polar surface area (TPSA) is 12.5 Å². The summed E-state index contributed by atoms with van der Waals surface area (Å²) in [5, 5.41) is 0. The number of likely N-dealkylation sites (tertiary alicyclic amines) is 1. The summed E-state index contributed by atoms with van der Waals surface area (Å²) in [6.45, 7) is 14.4. The second-order valence-electron chi connectivity index (χ2n) is 10.7. The zero-order valence-corrected chi connectivity index (χ0v) is 18.2. The van der Waals surface area contributed by atoms with Gasteiger partial charge in [0.15, 0.2) is 0 Å². The zero-order chi connectivity index (χ0) is 20.3. The molecule has 1 saturated carbocycles. The van der Waals surface area contributed by atoms with E-state index in [1.54, 1.807) is 0 Å². The van der Waals surface area contributed by atoms with Crippen LogP contribution in [0.25, 0.3) is 0 Å². The molecule has 0 spiro atoms. The summed E-state index contributed by atoms with van der Waals surface area (Å²) in [6, 6.07) is 0. The molecule has 1 heterocycles. The number of piperidine rings is 1. The molecule has 1 atom stereocenters. The van der Waals surface area contributed by atoms with Crippen molar-refractivity contribution in [2.24, 2.45) is 22.7 Å². The molecule has 0 aromatic heterocycles. The third-order valence-electron chi connectivity index (χ3n) is 6.02. The molecule has 27 heavy (non-hydrogen) atoms. The van der Waals surface area contributed by atoms with Gasteiger partial charge in [0.25, 0.3) is 5.92 Å². The fourth-order valence-corrected chi connectivity index (χ4v) is 4.37. The molecule has 0 amide bonds. The molecule has 0 radical (unpaired) electrons. The van der Waals surface area contributed by atoms with E-state index in [1.165, 1.54) is 25.7 Å². The predicted octanol–water partition coefficient (Wildman–Crippen LogP) is 5.61. The highest BCUT2D eigenvalue weighted by Gasteiger charge is 2.45. The minimum Gasteiger partial charge on any atom is -0.359 e. The van der Waals surface area contributed by atoms with Crippen LogP contribution >= 0.6 is 0 Å². The Bertz CT molecular complexity index is 527. The Balaban J connectivity index is 1.77. The third kappa shape index (κ3) is 7.35. The fourth-order valence-electron chi connectivity index (χ4n) is 4.37. The zero-order valence-electron chi connectivity index (χ0n) is 18.2. The van der Waals surface area contributed by atoms with Crippen LogP contribution in [-0.4, -0.2) is 43.2 Å². The van der Waals surface area contributed by atoms with Gasteiger partial charge in [0, 0.05) is 18.5 Å². The molecule has 2 aliphatic rings. The largest absolute Gasteiger partial charge is 0.359 e. The SMILES string of the molecule is CC(C)(C)C#CCO[C@@H]1CCN(CC2CCC(C(C)(C)C)CC2)CC1(F)F. The molecule has 0 bridgehead atoms. The van der Waals surface area contributed by atoms with E-state index < -0.39 is 12.0 Å². The fraction of sp³-hybridized carbons (Fsp3) is 0.913. The highest BCUT2D eigenvalue weighted by Crippen LogP contribution is 2.40. The van der Waals surface area contributed by atoms with E-state index in [1.807, 2.05) is 25.7 Å². The van der Waals surface area contributed by atoms with E-state index in [0.29, 0.717) is 24.3 Å². The first-order valence-electron chi connectivity index (χ1n) is 10.6. The van der Waals surface area contributed by atoms with Crippen LogP contribution in [0.1, 0.15) is 73.6 Å². The van der Waals surface area contributed by atoms with Gasteiger partial charge in [-0.3, -0.25) is 4.90 Å². The number of halogens is 2. The van der Waals surface area contributed by atoms with Crippen LogP contribution in [0.5, 0.6) is 0 Å². The Morgan fingerprint density at radius 2 is 1.63 bits per heavy atom. The standard InChI is InChI=1S/C23H39F2NO/c1-21(2,3)13-7-15-27-20-12-14-26(17-23(20,24)25)16-18-8-10-19(11-9-18)22(4,5)6/h18-20H,8-12,14-17H2,1-6H3/t18?,19?,20-/m1/s1. The minimum absolute atomic E-state index is 0.0916. The van der Waals surface area contributed by atoms with Crippen LogP contribution in [0.15, 0.2) is 0 Å². The summed E-state index contributed by atoms with van der Waals surface area (Å²) < 4.78 is 34.5. The Morgan fingerprint density at radius 1 is 1.00 bits per heavy atom. The number of rotatable bonds is 4. The molecule has 1 aliphatic heterocycles. The molecule has 2 rings (SSSR count). The molecule has 1 saturated heterocycles. The molecule has 2 fully saturated rings. The Labute approximate surface area is 165 Å². The maximum atomic E-state index is 14.5. The number of nitrogens with zero attached hydrogens (tertiary/aromatic N) is 1. The van der Waals surface area contributed by atoms with E-state index in [2.05, 4.69) is 32.6 Å². The van der Waals surface area contributed by atoms with E-state index in [4.69, 9.17) is 4.74 Å². The average Bonchev–Trinajstić information content (AvgIpc) is 2.51. The monoisotopic (exact) mass is 383 g/mol. The van der Waals surface area contributed by atoms with Gasteiger partial charge in [0.2, 0.25) is 0 Å². The average molecular weight is 384 g/mol. The number of hydrogen-bond acceptors (Lipinski definition) is 2. The lowest BCUT2D eigenvalue weighted by Crippen LogP contribution is -2.53. The lowest BCUT2D eigenvalue weighted by atomic mass is 9.70. The number of hydrogen-bond donors (Lipinski definition) is 0. The maximum Gasteiger partial charge on any atom is 0.286 e. The van der Waals surface area contributed by atoms with Gasteiger partial charge in [0.05, 0.1) is 6.54 Å². The van der Waals surface area contributed by atoms with Crippen molar-refractivity contribution < 1.29 is 13.5 Å². The van der Waals surface area contributed by atoms with Crippen molar-refractivity contribution in [3.63, 3.8) is 0 Å². The van der Waals surface area contributed by atoms with Crippen molar-refractivity contribution in [2.45, 2.75) is 85.7 Å². The van der Waals surface area contributed by atoms with E-state index in [0.717, 1.165) is 12.5 Å². The van der Waals surface area contributed by atoms with E-state index in [-0.39, 0.29) is 18.6 Å². The molecule has 2 nitrogen and oxygen atoms in total. The highest BCUT2D eigenvalue weighted by atomic mass is 19.3. The van der Waals surface area contributed by atoms with Crippen LogP contribution < -0.4 is 0 Å². The molecule has 0 unspecified atom stereocenters. The highest BCUT2D eigenvalue weighted by molar-refractivity contribution is 5.07. The minimum atomic E-state index is -2.79. The lowest BCUT2D eigenvalue weighted by molar-refractivity contribution is -0.169. The van der Waals surface area contributed by atoms with Crippen LogP contribution in [0.3, 0.4) is 0 Å². The van der Waals surface area contributed by atoms with Crippen LogP contribution in [0.2, 0.25) is 0 Å². The van der Waals surface area contributed by atoms with Gasteiger partial charge in [0.1, 0.15) is 12.7 Å². The van der Waals surface area contributed by atoms with Crippen molar-refractivity contribution >= 4 is 0 Å². The Hall–Kier alpha value is -0.660. The molecule has 0 aromatic rings. The molecule has 1 aliphatic carbocycles. The first-order valence-corrected chi connectivity index (χ1v) is 10.6. The molecule has 0 aromatic carbocycles. The van der Waals surface area contributed by atoms with Gasteiger partial charge in [-0.05, 0) is 70.1 Å². The summed E-state index contributed by atoms with van der Waals surface area (Å²) in [4.78, 5) is 1.96. The molecular formula is C23H39F2NO. The van der Waals surface area contributed by atoms with E-state index >= 15 is 0 Å². The van der Waals surface area contributed by atoms with Crippen molar-refractivity contribution in [3.8, 4) is 11.8 Å². The van der Waals surface area contributed by atoms with Crippen molar-refractivity contribution in [1.29, 1.82) is 0 Å². The van der Waals surface area contributed by atoms with Gasteiger partial charge in [-0.1, -0.05) is 32.6 Å². The second kappa shape index (κ2) is 8.78. The van der Waals surface area contributed by atoms with Gasteiger partial charge >= 0.3 is 0 Å². The quantitative estimate of drug-likeness (QED) is 0.585.